The Morgan fingerprint density at radius 1 is 1.27 bits per heavy atom. The molecule has 1 N–H and O–H groups in total. The molecule has 1 saturated heterocycles. The number of furan rings is 1. The summed E-state index contributed by atoms with van der Waals surface area (Å²) in [6.07, 6.45) is 0. The molecule has 3 amide bonds. The van der Waals surface area contributed by atoms with E-state index in [1.165, 1.54) is 18.2 Å². The zero-order valence-electron chi connectivity index (χ0n) is 12.2. The third-order valence-electron chi connectivity index (χ3n) is 3.74. The van der Waals surface area contributed by atoms with Crippen molar-refractivity contribution in [2.45, 2.75) is 25.9 Å². The standard InChI is InChI=1S/C16H15FN2O3/c1-10-6-7-13(22-10)16(2)14(20)19(15(21)18-16)9-11-4-3-5-12(17)8-11/h3-8H,9H2,1-2H3,(H,18,21). The number of nitrogens with zero attached hydrogens (tertiary/aromatic N) is 1. The van der Waals surface area contributed by atoms with Crippen molar-refractivity contribution in [3.05, 3.63) is 59.3 Å². The molecule has 1 atom stereocenters. The minimum absolute atomic E-state index is 0.0116. The van der Waals surface area contributed by atoms with Crippen LogP contribution >= 0.6 is 0 Å². The summed E-state index contributed by atoms with van der Waals surface area (Å²) in [5, 5.41) is 2.64. The number of amides is 3. The fraction of sp³-hybridized carbons (Fsp3) is 0.250. The van der Waals surface area contributed by atoms with Crippen LogP contribution in [0.25, 0.3) is 0 Å². The average Bonchev–Trinajstić information content (AvgIpc) is 2.98. The van der Waals surface area contributed by atoms with Gasteiger partial charge < -0.3 is 9.73 Å². The zero-order valence-corrected chi connectivity index (χ0v) is 12.2. The molecule has 2 heterocycles. The number of halogens is 1. The topological polar surface area (TPSA) is 62.6 Å². The Bertz CT molecular complexity index is 755. The highest BCUT2D eigenvalue weighted by molar-refractivity contribution is 6.06. The van der Waals surface area contributed by atoms with Gasteiger partial charge in [0.1, 0.15) is 17.3 Å². The van der Waals surface area contributed by atoms with E-state index in [-0.39, 0.29) is 6.54 Å². The highest BCUT2D eigenvalue weighted by Crippen LogP contribution is 2.30. The molecule has 1 aliphatic rings. The Morgan fingerprint density at radius 2 is 2.05 bits per heavy atom. The number of carbonyl (C=O) groups excluding carboxylic acids is 2. The van der Waals surface area contributed by atoms with Crippen LogP contribution in [0.5, 0.6) is 0 Å². The lowest BCUT2D eigenvalue weighted by atomic mass is 9.99. The molecule has 1 aromatic carbocycles. The van der Waals surface area contributed by atoms with Crippen molar-refractivity contribution >= 4 is 11.9 Å². The first-order chi connectivity index (χ1) is 10.4. The quantitative estimate of drug-likeness (QED) is 0.887. The van der Waals surface area contributed by atoms with E-state index in [1.54, 1.807) is 32.0 Å². The summed E-state index contributed by atoms with van der Waals surface area (Å²) < 4.78 is 18.7. The molecule has 1 aliphatic heterocycles. The van der Waals surface area contributed by atoms with Crippen LogP contribution in [0.4, 0.5) is 9.18 Å². The van der Waals surface area contributed by atoms with Crippen LogP contribution in [0.1, 0.15) is 24.0 Å². The predicted molar refractivity (Wildman–Crippen MR) is 76.3 cm³/mol. The third kappa shape index (κ3) is 2.26. The zero-order chi connectivity index (χ0) is 15.9. The molecule has 0 saturated carbocycles. The second-order valence-corrected chi connectivity index (χ2v) is 5.49. The number of carbonyl (C=O) groups is 2. The Kier molecular flexibility index (Phi) is 3.24. The SMILES string of the molecule is Cc1ccc(C2(C)NC(=O)N(Cc3cccc(F)c3)C2=O)o1. The Hall–Kier alpha value is -2.63. The number of hydrogen-bond acceptors (Lipinski definition) is 3. The number of hydrogen-bond donors (Lipinski definition) is 1. The molecule has 5 nitrogen and oxygen atoms in total. The fourth-order valence-corrected chi connectivity index (χ4v) is 2.53. The minimum atomic E-state index is -1.24. The van der Waals surface area contributed by atoms with Gasteiger partial charge in [-0.2, -0.15) is 0 Å². The van der Waals surface area contributed by atoms with Gasteiger partial charge >= 0.3 is 6.03 Å². The molecule has 0 radical (unpaired) electrons. The van der Waals surface area contributed by atoms with Crippen LogP contribution in [0.15, 0.2) is 40.8 Å². The van der Waals surface area contributed by atoms with E-state index in [0.29, 0.717) is 17.1 Å². The summed E-state index contributed by atoms with van der Waals surface area (Å²) in [7, 11) is 0. The van der Waals surface area contributed by atoms with Crippen molar-refractivity contribution in [2.75, 3.05) is 0 Å². The number of imide groups is 1. The average molecular weight is 302 g/mol. The first-order valence-electron chi connectivity index (χ1n) is 6.85. The molecule has 0 bridgehead atoms. The molecular formula is C16H15FN2O3. The monoisotopic (exact) mass is 302 g/mol. The highest BCUT2D eigenvalue weighted by Gasteiger charge is 2.51. The van der Waals surface area contributed by atoms with Crippen LogP contribution in [0, 0.1) is 12.7 Å². The van der Waals surface area contributed by atoms with E-state index in [1.807, 2.05) is 0 Å². The van der Waals surface area contributed by atoms with Crippen molar-refractivity contribution in [3.63, 3.8) is 0 Å². The molecule has 1 unspecified atom stereocenters. The number of urea groups is 1. The summed E-state index contributed by atoms with van der Waals surface area (Å²) in [5.74, 6) is 0.206. The summed E-state index contributed by atoms with van der Waals surface area (Å²) in [4.78, 5) is 25.8. The summed E-state index contributed by atoms with van der Waals surface area (Å²) >= 11 is 0. The fourth-order valence-electron chi connectivity index (χ4n) is 2.53. The van der Waals surface area contributed by atoms with E-state index in [4.69, 9.17) is 4.42 Å². The van der Waals surface area contributed by atoms with Gasteiger partial charge in [0.25, 0.3) is 5.91 Å². The minimum Gasteiger partial charge on any atom is -0.463 e. The van der Waals surface area contributed by atoms with Gasteiger partial charge in [-0.25, -0.2) is 9.18 Å². The van der Waals surface area contributed by atoms with Crippen molar-refractivity contribution in [3.8, 4) is 0 Å². The molecule has 1 aromatic heterocycles. The number of benzene rings is 1. The van der Waals surface area contributed by atoms with Crippen LogP contribution in [0.3, 0.4) is 0 Å². The molecule has 6 heteroatoms. The van der Waals surface area contributed by atoms with E-state index in [0.717, 1.165) is 4.90 Å². The predicted octanol–water partition coefficient (Wildman–Crippen LogP) is 2.69. The van der Waals surface area contributed by atoms with Gasteiger partial charge in [0.2, 0.25) is 0 Å². The lowest BCUT2D eigenvalue weighted by molar-refractivity contribution is -0.132. The van der Waals surface area contributed by atoms with Gasteiger partial charge in [-0.05, 0) is 43.7 Å². The molecule has 22 heavy (non-hydrogen) atoms. The van der Waals surface area contributed by atoms with E-state index >= 15 is 0 Å². The third-order valence-corrected chi connectivity index (χ3v) is 3.74. The smallest absolute Gasteiger partial charge is 0.325 e. The van der Waals surface area contributed by atoms with Gasteiger partial charge in [0, 0.05) is 0 Å². The number of rotatable bonds is 3. The van der Waals surface area contributed by atoms with Crippen LogP contribution < -0.4 is 5.32 Å². The van der Waals surface area contributed by atoms with Gasteiger partial charge in [-0.1, -0.05) is 12.1 Å². The van der Waals surface area contributed by atoms with Gasteiger partial charge in [0.05, 0.1) is 6.54 Å². The molecule has 2 aromatic rings. The second kappa shape index (κ2) is 4.98. The van der Waals surface area contributed by atoms with Crippen molar-refractivity contribution in [1.82, 2.24) is 10.2 Å². The van der Waals surface area contributed by atoms with E-state index < -0.39 is 23.3 Å². The molecule has 0 aliphatic carbocycles. The highest BCUT2D eigenvalue weighted by atomic mass is 19.1. The van der Waals surface area contributed by atoms with Crippen molar-refractivity contribution in [2.24, 2.45) is 0 Å². The largest absolute Gasteiger partial charge is 0.463 e. The van der Waals surface area contributed by atoms with Gasteiger partial charge in [-0.15, -0.1) is 0 Å². The maximum Gasteiger partial charge on any atom is 0.325 e. The second-order valence-electron chi connectivity index (χ2n) is 5.49. The Balaban J connectivity index is 1.88. The number of aryl methyl sites for hydroxylation is 1. The van der Waals surface area contributed by atoms with E-state index in [2.05, 4.69) is 5.32 Å². The van der Waals surface area contributed by atoms with Crippen LogP contribution in [-0.2, 0) is 16.9 Å². The van der Waals surface area contributed by atoms with Crippen LogP contribution in [-0.4, -0.2) is 16.8 Å². The van der Waals surface area contributed by atoms with Crippen molar-refractivity contribution < 1.29 is 18.4 Å². The lowest BCUT2D eigenvalue weighted by Gasteiger charge is -2.19. The first-order valence-corrected chi connectivity index (χ1v) is 6.85. The maximum absolute atomic E-state index is 13.2. The molecular weight excluding hydrogens is 287 g/mol. The molecule has 3 rings (SSSR count). The number of nitrogens with one attached hydrogen (secondary N) is 1. The normalized spacial score (nSPS) is 21.3. The molecule has 1 fully saturated rings. The summed E-state index contributed by atoms with van der Waals surface area (Å²) in [6, 6.07) is 8.69. The lowest BCUT2D eigenvalue weighted by Crippen LogP contribution is -2.40. The molecule has 0 spiro atoms. The Morgan fingerprint density at radius 3 is 2.68 bits per heavy atom. The summed E-state index contributed by atoms with van der Waals surface area (Å²) in [6.45, 7) is 3.37. The van der Waals surface area contributed by atoms with E-state index in [9.17, 15) is 14.0 Å². The first kappa shape index (κ1) is 14.3. The maximum atomic E-state index is 13.2. The Labute approximate surface area is 126 Å². The summed E-state index contributed by atoms with van der Waals surface area (Å²) in [5.41, 5.74) is -0.693. The molecule has 114 valence electrons. The van der Waals surface area contributed by atoms with Crippen LogP contribution in [0.2, 0.25) is 0 Å². The van der Waals surface area contributed by atoms with Gasteiger partial charge in [-0.3, -0.25) is 9.69 Å². The van der Waals surface area contributed by atoms with Crippen molar-refractivity contribution in [1.29, 1.82) is 0 Å². The van der Waals surface area contributed by atoms with Gasteiger partial charge in [0.15, 0.2) is 5.54 Å².